The molecule has 34 heavy (non-hydrogen) atoms. The zero-order chi connectivity index (χ0) is 24.1. The van der Waals surface area contributed by atoms with Gasteiger partial charge in [0, 0.05) is 29.9 Å². The predicted molar refractivity (Wildman–Crippen MR) is 119 cm³/mol. The molecule has 170 valence electrons. The summed E-state index contributed by atoms with van der Waals surface area (Å²) in [4.78, 5) is 4.28. The van der Waals surface area contributed by atoms with E-state index in [4.69, 9.17) is 4.74 Å². The van der Waals surface area contributed by atoms with Gasteiger partial charge in [-0.15, -0.1) is 0 Å². The summed E-state index contributed by atoms with van der Waals surface area (Å²) in [5, 5.41) is 42.4. The normalized spacial score (nSPS) is 29.9. The van der Waals surface area contributed by atoms with Gasteiger partial charge in [-0.2, -0.15) is 10.5 Å². The predicted octanol–water partition coefficient (Wildman–Crippen LogP) is 1.95. The lowest BCUT2D eigenvalue weighted by Gasteiger charge is -2.40. The van der Waals surface area contributed by atoms with Gasteiger partial charge in [-0.05, 0) is 23.3 Å². The lowest BCUT2D eigenvalue weighted by atomic mass is 9.71. The van der Waals surface area contributed by atoms with Crippen LogP contribution < -0.4 is 4.74 Å². The number of fused-ring (bicyclic) bond motifs is 3. The molecule has 1 saturated carbocycles. The molecule has 5 rings (SSSR count). The van der Waals surface area contributed by atoms with E-state index in [-0.39, 0.29) is 17.0 Å². The Bertz CT molecular complexity index is 1370. The first-order valence-corrected chi connectivity index (χ1v) is 11.7. The molecular formula is C25H18N3O5S-. The summed E-state index contributed by atoms with van der Waals surface area (Å²) >= 11 is -2.52. The Morgan fingerprint density at radius 1 is 1.09 bits per heavy atom. The van der Waals surface area contributed by atoms with Crippen LogP contribution >= 0.6 is 0 Å². The zero-order valence-electron chi connectivity index (χ0n) is 17.7. The quantitative estimate of drug-likeness (QED) is 0.547. The first-order chi connectivity index (χ1) is 16.4. The maximum atomic E-state index is 12.3. The van der Waals surface area contributed by atoms with Crippen molar-refractivity contribution in [1.82, 2.24) is 4.98 Å². The molecule has 9 heteroatoms. The van der Waals surface area contributed by atoms with Gasteiger partial charge in [0.2, 0.25) is 0 Å². The molecule has 2 aromatic carbocycles. The number of pyridine rings is 1. The highest BCUT2D eigenvalue weighted by Gasteiger charge is 2.76. The van der Waals surface area contributed by atoms with Crippen molar-refractivity contribution in [2.75, 3.05) is 5.75 Å². The molecular weight excluding hydrogens is 454 g/mol. The van der Waals surface area contributed by atoms with Crippen LogP contribution in [-0.2, 0) is 22.3 Å². The Balaban J connectivity index is 1.84. The first kappa shape index (κ1) is 22.2. The van der Waals surface area contributed by atoms with Crippen LogP contribution in [0.4, 0.5) is 0 Å². The zero-order valence-corrected chi connectivity index (χ0v) is 18.5. The lowest BCUT2D eigenvalue weighted by Crippen LogP contribution is -2.52. The van der Waals surface area contributed by atoms with Crippen LogP contribution in [-0.4, -0.2) is 35.8 Å². The Morgan fingerprint density at radius 2 is 1.76 bits per heavy atom. The molecule has 8 nitrogen and oxygen atoms in total. The average Bonchev–Trinajstić information content (AvgIpc) is 3.22. The van der Waals surface area contributed by atoms with Crippen molar-refractivity contribution in [1.29, 1.82) is 10.5 Å². The molecule has 3 aromatic rings. The van der Waals surface area contributed by atoms with Crippen molar-refractivity contribution >= 4 is 11.1 Å². The summed E-state index contributed by atoms with van der Waals surface area (Å²) in [6.07, 6.45) is -0.286. The van der Waals surface area contributed by atoms with Gasteiger partial charge < -0.3 is 19.5 Å². The number of aliphatic hydroxyl groups excluding tert-OH is 1. The number of hydrogen-bond acceptors (Lipinski definition) is 8. The number of benzene rings is 2. The fourth-order valence-corrected chi connectivity index (χ4v) is 6.18. The van der Waals surface area contributed by atoms with Gasteiger partial charge in [-0.1, -0.05) is 53.5 Å². The van der Waals surface area contributed by atoms with Crippen molar-refractivity contribution in [2.45, 2.75) is 23.2 Å². The molecule has 1 aliphatic heterocycles. The molecule has 0 saturated heterocycles. The third-order valence-corrected chi connectivity index (χ3v) is 7.47. The van der Waals surface area contributed by atoms with Crippen molar-refractivity contribution in [3.8, 4) is 17.9 Å². The lowest BCUT2D eigenvalue weighted by molar-refractivity contribution is -0.152. The van der Waals surface area contributed by atoms with Crippen molar-refractivity contribution < 1.29 is 23.7 Å². The summed E-state index contributed by atoms with van der Waals surface area (Å²) in [5.74, 6) is -2.03. The molecule has 2 heterocycles. The monoisotopic (exact) mass is 472 g/mol. The average molecular weight is 473 g/mol. The number of rotatable bonds is 4. The van der Waals surface area contributed by atoms with E-state index in [1.165, 1.54) is 12.3 Å². The number of ether oxygens (including phenoxy) is 1. The maximum Gasteiger partial charge on any atom is 0.181 e. The summed E-state index contributed by atoms with van der Waals surface area (Å²) < 4.78 is 30.1. The number of hydrogen-bond donors (Lipinski definition) is 2. The number of aliphatic hydroxyl groups is 2. The highest BCUT2D eigenvalue weighted by Crippen LogP contribution is 2.68. The van der Waals surface area contributed by atoms with Crippen LogP contribution in [0.3, 0.4) is 0 Å². The fourth-order valence-electron chi connectivity index (χ4n) is 5.49. The molecule has 0 amide bonds. The molecule has 1 aliphatic carbocycles. The third kappa shape index (κ3) is 2.92. The molecule has 1 unspecified atom stereocenters. The highest BCUT2D eigenvalue weighted by molar-refractivity contribution is 7.79. The van der Waals surface area contributed by atoms with E-state index in [2.05, 4.69) is 4.98 Å². The van der Waals surface area contributed by atoms with Crippen molar-refractivity contribution in [3.63, 3.8) is 0 Å². The molecule has 0 bridgehead atoms. The van der Waals surface area contributed by atoms with Gasteiger partial charge >= 0.3 is 0 Å². The smallest absolute Gasteiger partial charge is 0.181 e. The van der Waals surface area contributed by atoms with E-state index >= 15 is 0 Å². The van der Waals surface area contributed by atoms with Crippen LogP contribution in [0.2, 0.25) is 0 Å². The standard InChI is InChI=1S/C25H19N3O5S/c26-11-15-6-8-18(9-7-15)25-21(17-4-2-1-3-5-17)19(14-34(31)32)23(29)24(25,30)22-20(33-25)10-16(12-27)13-28-22/h1-10,13,19,21,23,29-30H,14H2,(H,31,32)/p-1/t19-,21-,23+,24+,25+/m1/s1. The van der Waals surface area contributed by atoms with Crippen molar-refractivity contribution in [3.05, 3.63) is 94.8 Å². The van der Waals surface area contributed by atoms with E-state index < -0.39 is 46.0 Å². The molecule has 2 aliphatic rings. The SMILES string of the molecule is N#Cc1ccc([C@@]23Oc4cc(C#N)cnc4[C@]2(O)[C@@H](O)[C@H](CS(=O)[O-])[C@H]3c2ccccc2)cc1. The Hall–Kier alpha value is -3.60. The van der Waals surface area contributed by atoms with Gasteiger partial charge in [-0.3, -0.25) is 9.19 Å². The molecule has 2 N–H and O–H groups in total. The van der Waals surface area contributed by atoms with E-state index in [1.807, 2.05) is 12.1 Å². The minimum atomic E-state index is -2.52. The largest absolute Gasteiger partial charge is 0.772 e. The summed E-state index contributed by atoms with van der Waals surface area (Å²) in [7, 11) is 0. The Morgan fingerprint density at radius 3 is 2.38 bits per heavy atom. The molecule has 0 radical (unpaired) electrons. The van der Waals surface area contributed by atoms with Crippen LogP contribution in [0.5, 0.6) is 5.75 Å². The topological polar surface area (TPSA) is 150 Å². The van der Waals surface area contributed by atoms with E-state index in [0.717, 1.165) is 0 Å². The second kappa shape index (κ2) is 8.01. The van der Waals surface area contributed by atoms with Gasteiger partial charge in [-0.25, -0.2) is 0 Å². The number of nitriles is 2. The van der Waals surface area contributed by atoms with Crippen LogP contribution in [0.15, 0.2) is 66.9 Å². The maximum absolute atomic E-state index is 12.3. The van der Waals surface area contributed by atoms with E-state index in [0.29, 0.717) is 16.7 Å². The van der Waals surface area contributed by atoms with E-state index in [9.17, 15) is 29.5 Å². The summed E-state index contributed by atoms with van der Waals surface area (Å²) in [6, 6.07) is 20.8. The van der Waals surface area contributed by atoms with Crippen molar-refractivity contribution in [2.24, 2.45) is 5.92 Å². The van der Waals surface area contributed by atoms with Gasteiger partial charge in [0.05, 0.1) is 23.3 Å². The minimum absolute atomic E-state index is 0.0310. The molecule has 1 fully saturated rings. The number of aromatic nitrogens is 1. The fraction of sp³-hybridized carbons (Fsp3) is 0.240. The number of nitrogens with zero attached hydrogens (tertiary/aromatic N) is 3. The van der Waals surface area contributed by atoms with Crippen LogP contribution in [0.25, 0.3) is 0 Å². The summed E-state index contributed by atoms with van der Waals surface area (Å²) in [5.41, 5.74) is -2.08. The minimum Gasteiger partial charge on any atom is -0.772 e. The third-order valence-electron chi connectivity index (χ3n) is 6.81. The molecule has 6 atom stereocenters. The Labute approximate surface area is 198 Å². The Kier molecular flexibility index (Phi) is 5.23. The van der Waals surface area contributed by atoms with Gasteiger partial charge in [0.1, 0.15) is 17.5 Å². The molecule has 1 aromatic heterocycles. The first-order valence-electron chi connectivity index (χ1n) is 10.5. The second-order valence-corrected chi connectivity index (χ2v) is 9.38. The van der Waals surface area contributed by atoms with Gasteiger partial charge in [0.25, 0.3) is 0 Å². The van der Waals surface area contributed by atoms with Crippen LogP contribution in [0, 0.1) is 28.6 Å². The molecule has 0 spiro atoms. The van der Waals surface area contributed by atoms with Crippen LogP contribution in [0.1, 0.15) is 33.9 Å². The summed E-state index contributed by atoms with van der Waals surface area (Å²) in [6.45, 7) is 0. The van der Waals surface area contributed by atoms with E-state index in [1.54, 1.807) is 54.6 Å². The highest BCUT2D eigenvalue weighted by atomic mass is 32.2. The van der Waals surface area contributed by atoms with Gasteiger partial charge in [0.15, 0.2) is 11.2 Å². The second-order valence-electron chi connectivity index (χ2n) is 8.44.